The lowest BCUT2D eigenvalue weighted by molar-refractivity contribution is -0.166. The highest BCUT2D eigenvalue weighted by atomic mass is 16.6. The van der Waals surface area contributed by atoms with Crippen molar-refractivity contribution in [3.63, 3.8) is 0 Å². The van der Waals surface area contributed by atoms with E-state index in [2.05, 4.69) is 4.74 Å². The van der Waals surface area contributed by atoms with Crippen LogP contribution >= 0.6 is 0 Å². The molecule has 0 saturated carbocycles. The summed E-state index contributed by atoms with van der Waals surface area (Å²) < 4.78 is 4.49. The number of ether oxygens (including phenoxy) is 1. The van der Waals surface area contributed by atoms with Crippen molar-refractivity contribution < 1.29 is 34.4 Å². The summed E-state index contributed by atoms with van der Waals surface area (Å²) in [5, 5.41) is 26.4. The molecule has 0 amide bonds. The standard InChI is InChI=1S/C12H12O7/c1-6-2-4-7(5-3-6)12(18)19-9(11(16)17)8(13)10(14)15/h2-5,8-9,13H,1H3,(H,14,15)(H,16,17). The van der Waals surface area contributed by atoms with Gasteiger partial charge in [-0.25, -0.2) is 14.4 Å². The van der Waals surface area contributed by atoms with Gasteiger partial charge in [0.2, 0.25) is 6.10 Å². The minimum Gasteiger partial charge on any atom is -0.479 e. The predicted molar refractivity (Wildman–Crippen MR) is 61.7 cm³/mol. The van der Waals surface area contributed by atoms with E-state index in [4.69, 9.17) is 15.3 Å². The molecule has 0 aliphatic rings. The quantitative estimate of drug-likeness (QED) is 0.645. The monoisotopic (exact) mass is 268 g/mol. The van der Waals surface area contributed by atoms with E-state index in [-0.39, 0.29) is 5.56 Å². The maximum absolute atomic E-state index is 11.6. The summed E-state index contributed by atoms with van der Waals surface area (Å²) in [6, 6.07) is 6.04. The first kappa shape index (κ1) is 14.7. The van der Waals surface area contributed by atoms with Crippen molar-refractivity contribution in [1.29, 1.82) is 0 Å². The van der Waals surface area contributed by atoms with E-state index in [1.807, 2.05) is 0 Å². The summed E-state index contributed by atoms with van der Waals surface area (Å²) in [5.41, 5.74) is 0.950. The fraction of sp³-hybridized carbons (Fsp3) is 0.250. The number of aliphatic hydroxyl groups excluding tert-OH is 1. The second-order valence-corrected chi connectivity index (χ2v) is 3.81. The Labute approximate surface area is 108 Å². The third-order valence-electron chi connectivity index (χ3n) is 2.30. The average molecular weight is 268 g/mol. The lowest BCUT2D eigenvalue weighted by Crippen LogP contribution is -2.43. The topological polar surface area (TPSA) is 121 Å². The van der Waals surface area contributed by atoms with Gasteiger partial charge in [-0.15, -0.1) is 0 Å². The van der Waals surface area contributed by atoms with Crippen molar-refractivity contribution in [2.45, 2.75) is 19.1 Å². The molecule has 1 aromatic carbocycles. The van der Waals surface area contributed by atoms with E-state index < -0.39 is 30.1 Å². The number of benzene rings is 1. The molecule has 0 aliphatic carbocycles. The number of carboxylic acid groups (broad SMARTS) is 2. The van der Waals surface area contributed by atoms with Crippen LogP contribution in [0, 0.1) is 6.92 Å². The van der Waals surface area contributed by atoms with E-state index in [1.165, 1.54) is 12.1 Å². The van der Waals surface area contributed by atoms with Gasteiger partial charge in [-0.05, 0) is 19.1 Å². The van der Waals surface area contributed by atoms with E-state index in [0.29, 0.717) is 0 Å². The Balaban J connectivity index is 2.85. The molecule has 0 heterocycles. The molecule has 3 N–H and O–H groups in total. The second kappa shape index (κ2) is 5.96. The van der Waals surface area contributed by atoms with Crippen LogP contribution in [0.2, 0.25) is 0 Å². The first-order valence-electron chi connectivity index (χ1n) is 5.24. The van der Waals surface area contributed by atoms with Crippen molar-refractivity contribution in [3.05, 3.63) is 35.4 Å². The van der Waals surface area contributed by atoms with E-state index in [1.54, 1.807) is 19.1 Å². The minimum absolute atomic E-state index is 0.0643. The smallest absolute Gasteiger partial charge is 0.348 e. The molecule has 0 radical (unpaired) electrons. The van der Waals surface area contributed by atoms with Gasteiger partial charge in [-0.3, -0.25) is 0 Å². The first-order valence-corrected chi connectivity index (χ1v) is 5.24. The molecule has 0 bridgehead atoms. The van der Waals surface area contributed by atoms with Gasteiger partial charge in [0.25, 0.3) is 0 Å². The van der Waals surface area contributed by atoms with Crippen LogP contribution in [0.1, 0.15) is 15.9 Å². The van der Waals surface area contributed by atoms with Crippen LogP contribution in [0.4, 0.5) is 0 Å². The summed E-state index contributed by atoms with van der Waals surface area (Å²) >= 11 is 0. The van der Waals surface area contributed by atoms with Crippen LogP contribution in [0.3, 0.4) is 0 Å². The summed E-state index contributed by atoms with van der Waals surface area (Å²) in [6.07, 6.45) is -4.49. The molecule has 102 valence electrons. The number of rotatable bonds is 5. The molecule has 2 atom stereocenters. The van der Waals surface area contributed by atoms with Gasteiger partial charge in [0.15, 0.2) is 6.10 Å². The lowest BCUT2D eigenvalue weighted by Gasteiger charge is -2.16. The number of aliphatic hydroxyl groups is 1. The molecule has 19 heavy (non-hydrogen) atoms. The lowest BCUT2D eigenvalue weighted by atomic mass is 10.1. The Bertz CT molecular complexity index is 491. The number of carbonyl (C=O) groups is 3. The molecule has 0 spiro atoms. The molecule has 0 saturated heterocycles. The number of carbonyl (C=O) groups excluding carboxylic acids is 1. The molecular weight excluding hydrogens is 256 g/mol. The first-order chi connectivity index (χ1) is 8.82. The highest BCUT2D eigenvalue weighted by Gasteiger charge is 2.35. The Kier molecular flexibility index (Phi) is 4.60. The number of carboxylic acids is 2. The zero-order valence-electron chi connectivity index (χ0n) is 9.94. The molecule has 0 fully saturated rings. The van der Waals surface area contributed by atoms with Crippen molar-refractivity contribution in [3.8, 4) is 0 Å². The third kappa shape index (κ3) is 3.78. The summed E-state index contributed by atoms with van der Waals surface area (Å²) in [6.45, 7) is 1.79. The summed E-state index contributed by atoms with van der Waals surface area (Å²) in [7, 11) is 0. The molecule has 7 heteroatoms. The van der Waals surface area contributed by atoms with Crippen LogP contribution < -0.4 is 0 Å². The Morgan fingerprint density at radius 1 is 1.05 bits per heavy atom. The van der Waals surface area contributed by atoms with Crippen LogP contribution in [-0.4, -0.2) is 45.4 Å². The molecule has 1 rings (SSSR count). The van der Waals surface area contributed by atoms with Crippen LogP contribution in [0.5, 0.6) is 0 Å². The third-order valence-corrected chi connectivity index (χ3v) is 2.30. The van der Waals surface area contributed by atoms with E-state index in [0.717, 1.165) is 5.56 Å². The van der Waals surface area contributed by atoms with Crippen molar-refractivity contribution >= 4 is 17.9 Å². The van der Waals surface area contributed by atoms with Crippen LogP contribution in [0.15, 0.2) is 24.3 Å². The predicted octanol–water partition coefficient (Wildman–Crippen LogP) is 0.0505. The fourth-order valence-electron chi connectivity index (χ4n) is 1.25. The number of aliphatic carboxylic acids is 2. The zero-order valence-corrected chi connectivity index (χ0v) is 9.94. The van der Waals surface area contributed by atoms with Gasteiger partial charge in [0, 0.05) is 0 Å². The van der Waals surface area contributed by atoms with Crippen LogP contribution in [-0.2, 0) is 14.3 Å². The zero-order chi connectivity index (χ0) is 14.6. The minimum atomic E-state index is -2.33. The highest BCUT2D eigenvalue weighted by molar-refractivity contribution is 5.92. The number of aryl methyl sites for hydroxylation is 1. The van der Waals surface area contributed by atoms with Gasteiger partial charge >= 0.3 is 17.9 Å². The van der Waals surface area contributed by atoms with Gasteiger partial charge in [0.05, 0.1) is 5.56 Å². The Morgan fingerprint density at radius 2 is 1.58 bits per heavy atom. The van der Waals surface area contributed by atoms with Crippen molar-refractivity contribution in [2.24, 2.45) is 0 Å². The molecule has 7 nitrogen and oxygen atoms in total. The van der Waals surface area contributed by atoms with Gasteiger partial charge < -0.3 is 20.1 Å². The van der Waals surface area contributed by atoms with E-state index in [9.17, 15) is 14.4 Å². The molecule has 1 aromatic rings. The normalized spacial score (nSPS) is 13.4. The number of hydrogen-bond donors (Lipinski definition) is 3. The Hall–Kier alpha value is -2.41. The largest absolute Gasteiger partial charge is 0.479 e. The molecule has 0 aromatic heterocycles. The molecule has 2 unspecified atom stereocenters. The summed E-state index contributed by atoms with van der Waals surface area (Å²) in [4.78, 5) is 32.9. The maximum Gasteiger partial charge on any atom is 0.348 e. The van der Waals surface area contributed by atoms with Gasteiger partial charge in [-0.1, -0.05) is 17.7 Å². The summed E-state index contributed by atoms with van der Waals surface area (Å²) in [5.74, 6) is -4.55. The van der Waals surface area contributed by atoms with Crippen molar-refractivity contribution in [1.82, 2.24) is 0 Å². The van der Waals surface area contributed by atoms with Gasteiger partial charge in [-0.2, -0.15) is 0 Å². The second-order valence-electron chi connectivity index (χ2n) is 3.81. The number of esters is 1. The highest BCUT2D eigenvalue weighted by Crippen LogP contribution is 2.09. The molecular formula is C12H12O7. The Morgan fingerprint density at radius 3 is 2.00 bits per heavy atom. The average Bonchev–Trinajstić information content (AvgIpc) is 2.35. The number of hydrogen-bond acceptors (Lipinski definition) is 5. The van der Waals surface area contributed by atoms with Crippen LogP contribution in [0.25, 0.3) is 0 Å². The van der Waals surface area contributed by atoms with Gasteiger partial charge in [0.1, 0.15) is 0 Å². The SMILES string of the molecule is Cc1ccc(C(=O)OC(C(=O)O)C(O)C(=O)O)cc1. The maximum atomic E-state index is 11.6. The van der Waals surface area contributed by atoms with Crippen molar-refractivity contribution in [2.75, 3.05) is 0 Å². The van der Waals surface area contributed by atoms with E-state index >= 15 is 0 Å². The molecule has 0 aliphatic heterocycles. The fourth-order valence-corrected chi connectivity index (χ4v) is 1.25.